The van der Waals surface area contributed by atoms with E-state index >= 15 is 0 Å². The predicted octanol–water partition coefficient (Wildman–Crippen LogP) is 8.85. The molecule has 0 atom stereocenters. The lowest BCUT2D eigenvalue weighted by molar-refractivity contribution is -0.131. The number of hydrogen-bond acceptors (Lipinski definition) is 8. The summed E-state index contributed by atoms with van der Waals surface area (Å²) < 4.78 is 58.4. The number of hydrogen-bond donors (Lipinski definition) is 0. The third-order valence-electron chi connectivity index (χ3n) is 6.18. The molecule has 0 heterocycles. The van der Waals surface area contributed by atoms with Gasteiger partial charge in [-0.15, -0.1) is 0 Å². The molecule has 0 unspecified atom stereocenters. The van der Waals surface area contributed by atoms with Crippen LogP contribution in [0.5, 0.6) is 0 Å². The Bertz CT molecular complexity index is 1270. The van der Waals surface area contributed by atoms with Crippen molar-refractivity contribution in [1.29, 1.82) is 0 Å². The highest BCUT2D eigenvalue weighted by Crippen LogP contribution is 2.72. The van der Waals surface area contributed by atoms with E-state index in [-0.39, 0.29) is 26.4 Å². The van der Waals surface area contributed by atoms with E-state index in [4.69, 9.17) is 21.2 Å². The van der Waals surface area contributed by atoms with Crippen molar-refractivity contribution >= 4 is 44.2 Å². The van der Waals surface area contributed by atoms with Gasteiger partial charge in [0.05, 0.1) is 32.8 Å². The van der Waals surface area contributed by atoms with Crippen LogP contribution in [0.1, 0.15) is 28.7 Å². The van der Waals surface area contributed by atoms with Gasteiger partial charge in [-0.05, 0) is 22.3 Å². The zero-order valence-corrected chi connectivity index (χ0v) is 26.6. The van der Waals surface area contributed by atoms with E-state index in [1.807, 2.05) is 72.8 Å². The molecule has 0 saturated carbocycles. The molecule has 0 saturated heterocycles. The molecule has 11 heteroatoms. The highest BCUT2D eigenvalue weighted by atomic mass is 127. The predicted molar refractivity (Wildman–Crippen MR) is 169 cm³/mol. The van der Waals surface area contributed by atoms with E-state index in [0.29, 0.717) is 22.3 Å². The fourth-order valence-electron chi connectivity index (χ4n) is 3.95. The molecule has 4 rings (SSSR count). The molecule has 0 N–H and O–H groups in total. The molecule has 0 bridgehead atoms. The second-order valence-electron chi connectivity index (χ2n) is 9.25. The highest BCUT2D eigenvalue weighted by molar-refractivity contribution is 14.1. The maximum atomic E-state index is 14.8. The first-order valence-electron chi connectivity index (χ1n) is 13.1. The fourth-order valence-corrected chi connectivity index (χ4v) is 9.22. The molecule has 0 amide bonds. The summed E-state index contributed by atoms with van der Waals surface area (Å²) in [5.41, 5.74) is 2.84. The molecule has 0 spiro atoms. The van der Waals surface area contributed by atoms with Gasteiger partial charge in [-0.1, -0.05) is 121 Å². The van der Waals surface area contributed by atoms with Crippen LogP contribution in [0.2, 0.25) is 0 Å². The average molecular weight is 720 g/mol. The Morgan fingerprint density at radius 3 is 1.02 bits per heavy atom. The fraction of sp³-hybridized carbons (Fsp3) is 0.194. The second kappa shape index (κ2) is 16.3. The van der Waals surface area contributed by atoms with Gasteiger partial charge in [-0.2, -0.15) is 0 Å². The Hall–Kier alpha value is -2.62. The first-order chi connectivity index (χ1) is 20.4. The largest absolute Gasteiger partial charge is 0.394 e. The molecular formula is C31H31IO8P2. The average Bonchev–Trinajstić information content (AvgIpc) is 3.05. The van der Waals surface area contributed by atoms with Crippen molar-refractivity contribution in [3.8, 4) is 0 Å². The zero-order valence-electron chi connectivity index (χ0n) is 22.7. The summed E-state index contributed by atoms with van der Waals surface area (Å²) in [6.07, 6.45) is -0.593. The van der Waals surface area contributed by atoms with Gasteiger partial charge in [0.1, 0.15) is 0 Å². The van der Waals surface area contributed by atoms with E-state index < -0.39 is 33.0 Å². The Balaban J connectivity index is 1.72. The molecule has 4 aromatic carbocycles. The van der Waals surface area contributed by atoms with Gasteiger partial charge in [0.25, 0.3) is 0 Å². The Kier molecular flexibility index (Phi) is 12.5. The van der Waals surface area contributed by atoms with Crippen molar-refractivity contribution in [2.75, 3.05) is 0 Å². The summed E-state index contributed by atoms with van der Waals surface area (Å²) >= 11 is 1.43. The summed E-state index contributed by atoms with van der Waals surface area (Å²) in [6.45, 7) is -0.500. The lowest BCUT2D eigenvalue weighted by atomic mass is 10.2. The van der Waals surface area contributed by atoms with Crippen LogP contribution in [-0.4, -0.2) is 11.4 Å². The summed E-state index contributed by atoms with van der Waals surface area (Å²) in [5.74, 6) is -0.778. The molecule has 0 radical (unpaired) electrons. The number of benzene rings is 4. The van der Waals surface area contributed by atoms with Crippen LogP contribution in [0.15, 0.2) is 121 Å². The Labute approximate surface area is 260 Å². The molecule has 42 heavy (non-hydrogen) atoms. The minimum Gasteiger partial charge on any atom is -0.394 e. The van der Waals surface area contributed by atoms with Crippen molar-refractivity contribution in [2.24, 2.45) is 0 Å². The number of rotatable bonds is 16. The van der Waals surface area contributed by atoms with Gasteiger partial charge in [0.2, 0.25) is 0 Å². The highest BCUT2D eigenvalue weighted by Gasteiger charge is 2.53. The number of carbonyl (C=O) groups is 1. The maximum absolute atomic E-state index is 14.8. The third-order valence-corrected chi connectivity index (χ3v) is 12.2. The summed E-state index contributed by atoms with van der Waals surface area (Å²) in [6, 6.07) is 36.3. The minimum absolute atomic E-state index is 0.125. The first-order valence-corrected chi connectivity index (χ1v) is 17.3. The maximum Gasteiger partial charge on any atom is 0.347 e. The van der Waals surface area contributed by atoms with Crippen LogP contribution in [0, 0.1) is 0 Å². The van der Waals surface area contributed by atoms with Crippen molar-refractivity contribution in [3.63, 3.8) is 0 Å². The van der Waals surface area contributed by atoms with Gasteiger partial charge in [-0.3, -0.25) is 13.9 Å². The molecular weight excluding hydrogens is 689 g/mol. The van der Waals surface area contributed by atoms with E-state index in [2.05, 4.69) is 0 Å². The standard InChI is InChI=1S/C31H31IO8P2/c32-40-30(33)21-31(41(34,36-22-26-13-5-1-6-14-26)37-23-27-15-7-2-8-16-27)42(35,38-24-28-17-9-3-10-18-28)39-25-29-19-11-4-12-20-29/h1-20,31H,21-25H2. The van der Waals surface area contributed by atoms with Crippen molar-refractivity contribution in [3.05, 3.63) is 144 Å². The van der Waals surface area contributed by atoms with Gasteiger partial charge >= 0.3 is 21.2 Å². The molecule has 0 fully saturated rings. The topological polar surface area (TPSA) is 97.4 Å². The zero-order chi connectivity index (χ0) is 29.7. The minimum atomic E-state index is -4.41. The van der Waals surface area contributed by atoms with Gasteiger partial charge in [0, 0.05) is 0 Å². The van der Waals surface area contributed by atoms with Crippen LogP contribution in [0.25, 0.3) is 0 Å². The van der Waals surface area contributed by atoms with Crippen LogP contribution in [0.3, 0.4) is 0 Å². The van der Waals surface area contributed by atoms with E-state index in [1.54, 1.807) is 48.5 Å². The summed E-state index contributed by atoms with van der Waals surface area (Å²) in [7, 11) is -8.82. The first kappa shape index (κ1) is 32.3. The Morgan fingerprint density at radius 1 is 0.524 bits per heavy atom. The van der Waals surface area contributed by atoms with Crippen LogP contribution in [-0.2, 0) is 61.5 Å². The Morgan fingerprint density at radius 2 is 0.786 bits per heavy atom. The van der Waals surface area contributed by atoms with E-state index in [1.165, 1.54) is 23.0 Å². The molecule has 8 nitrogen and oxygen atoms in total. The molecule has 4 aromatic rings. The second-order valence-corrected chi connectivity index (χ2v) is 14.5. The molecule has 220 valence electrons. The van der Waals surface area contributed by atoms with Crippen LogP contribution in [0.4, 0.5) is 0 Å². The lowest BCUT2D eigenvalue weighted by Crippen LogP contribution is -2.21. The van der Waals surface area contributed by atoms with Gasteiger partial charge in [0.15, 0.2) is 28.4 Å². The lowest BCUT2D eigenvalue weighted by Gasteiger charge is -2.31. The van der Waals surface area contributed by atoms with Crippen molar-refractivity contribution in [2.45, 2.75) is 38.2 Å². The molecule has 0 aliphatic rings. The third kappa shape index (κ3) is 9.71. The molecule has 0 aromatic heterocycles. The van der Waals surface area contributed by atoms with E-state index in [9.17, 15) is 13.9 Å². The smallest absolute Gasteiger partial charge is 0.347 e. The van der Waals surface area contributed by atoms with Crippen LogP contribution >= 0.6 is 38.2 Å². The summed E-state index contributed by atoms with van der Waals surface area (Å²) in [4.78, 5) is 12.7. The monoisotopic (exact) mass is 720 g/mol. The van der Waals surface area contributed by atoms with Crippen molar-refractivity contribution < 1.29 is 35.1 Å². The van der Waals surface area contributed by atoms with Gasteiger partial charge in [-0.25, -0.2) is 0 Å². The van der Waals surface area contributed by atoms with Crippen LogP contribution < -0.4 is 0 Å². The van der Waals surface area contributed by atoms with E-state index in [0.717, 1.165) is 0 Å². The number of carbonyl (C=O) groups excluding carboxylic acids is 1. The molecule has 0 aliphatic heterocycles. The summed E-state index contributed by atoms with van der Waals surface area (Å²) in [5, 5.41) is -1.62. The van der Waals surface area contributed by atoms with Crippen molar-refractivity contribution in [1.82, 2.24) is 0 Å². The SMILES string of the molecule is O=C(CC(P(=O)(OCc1ccccc1)OCc1ccccc1)P(=O)(OCc1ccccc1)OCc1ccccc1)OI. The normalized spacial score (nSPS) is 11.9. The number of halogens is 1. The molecule has 0 aliphatic carbocycles. The van der Waals surface area contributed by atoms with Gasteiger partial charge < -0.3 is 21.2 Å². The quantitative estimate of drug-likeness (QED) is 0.0837.